The fourth-order valence-electron chi connectivity index (χ4n) is 3.74. The maximum atomic E-state index is 13.0. The lowest BCUT2D eigenvalue weighted by molar-refractivity contribution is -0.117. The lowest BCUT2D eigenvalue weighted by Gasteiger charge is -2.20. The molecule has 1 N–H and O–H groups in total. The minimum Gasteiger partial charge on any atom is -0.324 e. The molecule has 0 aliphatic heterocycles. The van der Waals surface area contributed by atoms with E-state index in [1.165, 1.54) is 11.3 Å². The van der Waals surface area contributed by atoms with Crippen LogP contribution in [0.4, 0.5) is 5.69 Å². The fraction of sp³-hybridized carbons (Fsp3) is 0.280. The van der Waals surface area contributed by atoms with Crippen molar-refractivity contribution in [3.8, 4) is 10.4 Å². The van der Waals surface area contributed by atoms with Crippen LogP contribution in [0, 0.1) is 0 Å². The maximum Gasteiger partial charge on any atom is 0.279 e. The number of rotatable bonds is 6. The van der Waals surface area contributed by atoms with Gasteiger partial charge in [0.2, 0.25) is 5.91 Å². The van der Waals surface area contributed by atoms with E-state index in [1.807, 2.05) is 54.6 Å². The summed E-state index contributed by atoms with van der Waals surface area (Å²) in [5, 5.41) is 11.7. The molecule has 0 saturated carbocycles. The largest absolute Gasteiger partial charge is 0.324 e. The van der Waals surface area contributed by atoms with Gasteiger partial charge in [0.15, 0.2) is 4.83 Å². The monoisotopic (exact) mass is 446 g/mol. The zero-order valence-electron chi connectivity index (χ0n) is 18.6. The van der Waals surface area contributed by atoms with E-state index in [0.717, 1.165) is 31.9 Å². The van der Waals surface area contributed by atoms with Gasteiger partial charge in [0, 0.05) is 10.6 Å². The van der Waals surface area contributed by atoms with E-state index in [0.29, 0.717) is 10.2 Å². The molecule has 4 rings (SSSR count). The Labute approximate surface area is 190 Å². The van der Waals surface area contributed by atoms with Gasteiger partial charge < -0.3 is 5.32 Å². The van der Waals surface area contributed by atoms with Crippen molar-refractivity contribution in [2.75, 3.05) is 5.32 Å². The highest BCUT2D eigenvalue weighted by molar-refractivity contribution is 7.21. The van der Waals surface area contributed by atoms with Crippen LogP contribution in [0.25, 0.3) is 20.7 Å². The van der Waals surface area contributed by atoms with E-state index in [-0.39, 0.29) is 29.8 Å². The number of thiophene rings is 1. The molecule has 4 aromatic rings. The molecule has 1 amide bonds. The molecule has 0 fully saturated rings. The Bertz CT molecular complexity index is 1300. The summed E-state index contributed by atoms with van der Waals surface area (Å²) in [6.07, 6.45) is 0. The van der Waals surface area contributed by atoms with Gasteiger partial charge in [-0.1, -0.05) is 81.4 Å². The molecule has 0 atom stereocenters. The third-order valence-electron chi connectivity index (χ3n) is 5.41. The first-order valence-electron chi connectivity index (χ1n) is 10.7. The quantitative estimate of drug-likeness (QED) is 0.430. The number of hydrogen-bond donors (Lipinski definition) is 1. The van der Waals surface area contributed by atoms with Crippen molar-refractivity contribution in [3.63, 3.8) is 0 Å². The first-order chi connectivity index (χ1) is 15.3. The summed E-state index contributed by atoms with van der Waals surface area (Å²) in [5.41, 5.74) is 3.68. The number of carbonyl (C=O) groups is 1. The van der Waals surface area contributed by atoms with Gasteiger partial charge >= 0.3 is 0 Å². The average molecular weight is 447 g/mol. The van der Waals surface area contributed by atoms with Gasteiger partial charge in [0.1, 0.15) is 6.54 Å². The van der Waals surface area contributed by atoms with Crippen LogP contribution < -0.4 is 10.9 Å². The van der Waals surface area contributed by atoms with E-state index in [2.05, 4.69) is 43.3 Å². The normalized spacial score (nSPS) is 11.4. The van der Waals surface area contributed by atoms with E-state index < -0.39 is 0 Å². The number of fused-ring (bicyclic) bond motifs is 1. The molecule has 0 unspecified atom stereocenters. The van der Waals surface area contributed by atoms with Crippen LogP contribution >= 0.6 is 11.3 Å². The molecule has 2 aromatic carbocycles. The lowest BCUT2D eigenvalue weighted by atomic mass is 9.92. The van der Waals surface area contributed by atoms with Gasteiger partial charge in [-0.15, -0.1) is 16.4 Å². The SMILES string of the molecule is CC(C)c1cccc(C(C)C)c1NC(=O)Cn1nnc2sc(-c3ccccc3)cc2c1=O. The van der Waals surface area contributed by atoms with E-state index in [1.54, 1.807) is 0 Å². The third kappa shape index (κ3) is 4.34. The van der Waals surface area contributed by atoms with Crippen molar-refractivity contribution < 1.29 is 4.79 Å². The molecule has 0 spiro atoms. The number of anilines is 1. The predicted molar refractivity (Wildman–Crippen MR) is 130 cm³/mol. The third-order valence-corrected chi connectivity index (χ3v) is 6.48. The topological polar surface area (TPSA) is 76.9 Å². The summed E-state index contributed by atoms with van der Waals surface area (Å²) >= 11 is 1.42. The Morgan fingerprint density at radius 2 is 1.66 bits per heavy atom. The second-order valence-electron chi connectivity index (χ2n) is 8.42. The predicted octanol–water partition coefficient (Wildman–Crippen LogP) is 5.41. The minimum absolute atomic E-state index is 0.192. The molecule has 0 radical (unpaired) electrons. The van der Waals surface area contributed by atoms with Crippen molar-refractivity contribution in [1.82, 2.24) is 15.0 Å². The van der Waals surface area contributed by atoms with E-state index >= 15 is 0 Å². The highest BCUT2D eigenvalue weighted by Gasteiger charge is 2.18. The van der Waals surface area contributed by atoms with Crippen LogP contribution in [0.5, 0.6) is 0 Å². The summed E-state index contributed by atoms with van der Waals surface area (Å²) in [4.78, 5) is 27.4. The van der Waals surface area contributed by atoms with Crippen molar-refractivity contribution in [1.29, 1.82) is 0 Å². The summed E-state index contributed by atoms with van der Waals surface area (Å²) < 4.78 is 1.13. The van der Waals surface area contributed by atoms with Gasteiger partial charge in [-0.05, 0) is 34.6 Å². The molecule has 2 heterocycles. The molecule has 0 saturated heterocycles. The molecule has 0 aliphatic carbocycles. The molecule has 0 aliphatic rings. The fourth-order valence-corrected chi connectivity index (χ4v) is 4.71. The number of nitrogens with one attached hydrogen (secondary N) is 1. The zero-order valence-corrected chi connectivity index (χ0v) is 19.4. The number of para-hydroxylation sites is 1. The Kier molecular flexibility index (Phi) is 6.19. The second-order valence-corrected chi connectivity index (χ2v) is 9.45. The Hall–Kier alpha value is -3.32. The number of aromatic nitrogens is 3. The molecule has 6 nitrogen and oxygen atoms in total. The zero-order chi connectivity index (χ0) is 22.8. The number of hydrogen-bond acceptors (Lipinski definition) is 5. The second kappa shape index (κ2) is 9.04. The first kappa shape index (κ1) is 21.9. The lowest BCUT2D eigenvalue weighted by Crippen LogP contribution is -2.30. The molecule has 164 valence electrons. The van der Waals surface area contributed by atoms with Crippen molar-refractivity contribution in [3.05, 3.63) is 76.1 Å². The Morgan fingerprint density at radius 1 is 1.00 bits per heavy atom. The van der Waals surface area contributed by atoms with Crippen molar-refractivity contribution >= 4 is 33.1 Å². The Morgan fingerprint density at radius 3 is 2.28 bits per heavy atom. The highest BCUT2D eigenvalue weighted by Crippen LogP contribution is 2.32. The van der Waals surface area contributed by atoms with Gasteiger partial charge in [-0.25, -0.2) is 4.68 Å². The van der Waals surface area contributed by atoms with E-state index in [9.17, 15) is 9.59 Å². The summed E-state index contributed by atoms with van der Waals surface area (Å²) in [7, 11) is 0. The molecule has 32 heavy (non-hydrogen) atoms. The van der Waals surface area contributed by atoms with E-state index in [4.69, 9.17) is 0 Å². The first-order valence-corrected chi connectivity index (χ1v) is 11.5. The molecular weight excluding hydrogens is 420 g/mol. The number of benzene rings is 2. The van der Waals surface area contributed by atoms with Gasteiger partial charge in [0.25, 0.3) is 5.56 Å². The summed E-state index contributed by atoms with van der Waals surface area (Å²) in [6, 6.07) is 17.7. The van der Waals surface area contributed by atoms with Crippen LogP contribution in [0.2, 0.25) is 0 Å². The molecule has 7 heteroatoms. The van der Waals surface area contributed by atoms with Gasteiger partial charge in [-0.2, -0.15) is 0 Å². The standard InChI is InChI=1S/C25H26N4O2S/c1-15(2)18-11-8-12-19(16(3)4)23(18)26-22(30)14-29-25(31)20-13-21(32-24(20)27-28-29)17-9-6-5-7-10-17/h5-13,15-16H,14H2,1-4H3,(H,26,30). The van der Waals surface area contributed by atoms with Crippen molar-refractivity contribution in [2.24, 2.45) is 0 Å². The Balaban J connectivity index is 1.63. The minimum atomic E-state index is -0.315. The van der Waals surface area contributed by atoms with Crippen molar-refractivity contribution in [2.45, 2.75) is 46.1 Å². The highest BCUT2D eigenvalue weighted by atomic mass is 32.1. The molecule has 0 bridgehead atoms. The smallest absolute Gasteiger partial charge is 0.279 e. The molecule has 2 aromatic heterocycles. The summed E-state index contributed by atoms with van der Waals surface area (Å²) in [6.45, 7) is 8.20. The van der Waals surface area contributed by atoms with Crippen LogP contribution in [0.15, 0.2) is 59.4 Å². The van der Waals surface area contributed by atoms with Crippen LogP contribution in [0.3, 0.4) is 0 Å². The van der Waals surface area contributed by atoms with Crippen LogP contribution in [-0.2, 0) is 11.3 Å². The number of nitrogens with zero attached hydrogens (tertiary/aromatic N) is 3. The summed E-state index contributed by atoms with van der Waals surface area (Å²) in [5.74, 6) is 0.212. The van der Waals surface area contributed by atoms with Gasteiger partial charge in [-0.3, -0.25) is 9.59 Å². The number of amides is 1. The average Bonchev–Trinajstić information content (AvgIpc) is 3.21. The molecular formula is C25H26N4O2S. The maximum absolute atomic E-state index is 13.0. The van der Waals surface area contributed by atoms with Gasteiger partial charge in [0.05, 0.1) is 5.39 Å². The van der Waals surface area contributed by atoms with Crippen LogP contribution in [0.1, 0.15) is 50.7 Å². The van der Waals surface area contributed by atoms with Crippen LogP contribution in [-0.4, -0.2) is 20.9 Å². The number of carbonyl (C=O) groups excluding carboxylic acids is 1.